The zero-order valence-corrected chi connectivity index (χ0v) is 13.2. The highest BCUT2D eigenvalue weighted by Gasteiger charge is 2.18. The standard InChI is InChI=1S/C16H13Cl2NO3/c1-8-4-9(6-14(20)21)15(19)12(5-8)16(22)11-3-2-10(17)7-13(11)18/h2-5,7H,6,19H2,1H3,(H,20,21)/p-1. The minimum absolute atomic E-state index is 0.116. The van der Waals surface area contributed by atoms with Crippen LogP contribution in [0.25, 0.3) is 0 Å². The summed E-state index contributed by atoms with van der Waals surface area (Å²) in [5, 5.41) is 11.4. The number of hydrogen-bond acceptors (Lipinski definition) is 4. The third kappa shape index (κ3) is 3.40. The Morgan fingerprint density at radius 2 is 1.82 bits per heavy atom. The van der Waals surface area contributed by atoms with Crippen LogP contribution < -0.4 is 10.8 Å². The zero-order chi connectivity index (χ0) is 16.4. The number of hydrogen-bond donors (Lipinski definition) is 1. The molecule has 0 amide bonds. The van der Waals surface area contributed by atoms with Gasteiger partial charge in [-0.1, -0.05) is 29.3 Å². The maximum Gasteiger partial charge on any atom is 0.196 e. The lowest BCUT2D eigenvalue weighted by atomic mass is 9.95. The first kappa shape index (κ1) is 16.3. The molecule has 6 heteroatoms. The molecule has 0 aliphatic carbocycles. The maximum atomic E-state index is 12.6. The van der Waals surface area contributed by atoms with E-state index >= 15 is 0 Å². The van der Waals surface area contributed by atoms with Crippen LogP contribution in [0.1, 0.15) is 27.0 Å². The van der Waals surface area contributed by atoms with E-state index in [0.717, 1.165) is 5.56 Å². The number of carboxylic acid groups (broad SMARTS) is 1. The largest absolute Gasteiger partial charge is 0.550 e. The number of rotatable bonds is 4. The van der Waals surface area contributed by atoms with E-state index in [1.807, 2.05) is 0 Å². The lowest BCUT2D eigenvalue weighted by molar-refractivity contribution is -0.304. The van der Waals surface area contributed by atoms with E-state index in [1.54, 1.807) is 25.1 Å². The molecule has 0 atom stereocenters. The highest BCUT2D eigenvalue weighted by molar-refractivity contribution is 6.37. The molecule has 0 radical (unpaired) electrons. The molecule has 0 saturated heterocycles. The first-order valence-corrected chi connectivity index (χ1v) is 7.13. The molecule has 0 heterocycles. The molecule has 0 spiro atoms. The third-order valence-corrected chi connectivity index (χ3v) is 3.71. The fraction of sp³-hybridized carbons (Fsp3) is 0.125. The van der Waals surface area contributed by atoms with Crippen LogP contribution in [0.4, 0.5) is 5.69 Å². The van der Waals surface area contributed by atoms with Crippen molar-refractivity contribution in [3.63, 3.8) is 0 Å². The average Bonchev–Trinajstić information content (AvgIpc) is 2.41. The summed E-state index contributed by atoms with van der Waals surface area (Å²) in [4.78, 5) is 23.4. The van der Waals surface area contributed by atoms with Gasteiger partial charge in [0.25, 0.3) is 0 Å². The smallest absolute Gasteiger partial charge is 0.196 e. The minimum Gasteiger partial charge on any atom is -0.550 e. The summed E-state index contributed by atoms with van der Waals surface area (Å²) < 4.78 is 0. The van der Waals surface area contributed by atoms with Crippen molar-refractivity contribution in [1.29, 1.82) is 0 Å². The van der Waals surface area contributed by atoms with Crippen molar-refractivity contribution in [1.82, 2.24) is 0 Å². The second-order valence-electron chi connectivity index (χ2n) is 4.89. The Hall–Kier alpha value is -2.04. The molecule has 114 valence electrons. The predicted molar refractivity (Wildman–Crippen MR) is 84.2 cm³/mol. The number of carbonyl (C=O) groups is 2. The van der Waals surface area contributed by atoms with E-state index < -0.39 is 5.97 Å². The second-order valence-corrected chi connectivity index (χ2v) is 5.73. The first-order chi connectivity index (χ1) is 10.3. The summed E-state index contributed by atoms with van der Waals surface area (Å²) in [6, 6.07) is 7.74. The van der Waals surface area contributed by atoms with Crippen molar-refractivity contribution in [2.24, 2.45) is 0 Å². The van der Waals surface area contributed by atoms with Crippen molar-refractivity contribution in [2.45, 2.75) is 13.3 Å². The Bertz CT molecular complexity index is 772. The first-order valence-electron chi connectivity index (χ1n) is 6.38. The normalized spacial score (nSPS) is 10.5. The highest BCUT2D eigenvalue weighted by Crippen LogP contribution is 2.28. The molecule has 0 aromatic heterocycles. The quantitative estimate of drug-likeness (QED) is 0.686. The third-order valence-electron chi connectivity index (χ3n) is 3.17. The lowest BCUT2D eigenvalue weighted by Gasteiger charge is -2.13. The maximum absolute atomic E-state index is 12.6. The van der Waals surface area contributed by atoms with E-state index in [9.17, 15) is 14.7 Å². The Morgan fingerprint density at radius 3 is 2.41 bits per heavy atom. The zero-order valence-electron chi connectivity index (χ0n) is 11.7. The average molecular weight is 337 g/mol. The van der Waals surface area contributed by atoms with Crippen LogP contribution in [0.15, 0.2) is 30.3 Å². The van der Waals surface area contributed by atoms with Crippen LogP contribution in [0.5, 0.6) is 0 Å². The molecule has 2 aromatic rings. The van der Waals surface area contributed by atoms with Gasteiger partial charge in [-0.2, -0.15) is 0 Å². The van der Waals surface area contributed by atoms with Crippen LogP contribution >= 0.6 is 23.2 Å². The van der Waals surface area contributed by atoms with Gasteiger partial charge in [0.1, 0.15) is 0 Å². The molecule has 22 heavy (non-hydrogen) atoms. The fourth-order valence-electron chi connectivity index (χ4n) is 2.18. The Morgan fingerprint density at radius 1 is 1.14 bits per heavy atom. The minimum atomic E-state index is -1.26. The molecular formula is C16H12Cl2NO3-. The van der Waals surface area contributed by atoms with Gasteiger partial charge in [-0.25, -0.2) is 0 Å². The van der Waals surface area contributed by atoms with Crippen molar-refractivity contribution in [3.05, 3.63) is 62.6 Å². The van der Waals surface area contributed by atoms with Gasteiger partial charge in [-0.3, -0.25) is 4.79 Å². The van der Waals surface area contributed by atoms with Gasteiger partial charge >= 0.3 is 0 Å². The molecule has 4 nitrogen and oxygen atoms in total. The van der Waals surface area contributed by atoms with E-state index in [2.05, 4.69) is 0 Å². The fourth-order valence-corrected chi connectivity index (χ4v) is 2.68. The van der Waals surface area contributed by atoms with Crippen LogP contribution in [-0.4, -0.2) is 11.8 Å². The molecule has 0 bridgehead atoms. The van der Waals surface area contributed by atoms with Crippen molar-refractivity contribution >= 4 is 40.6 Å². The van der Waals surface area contributed by atoms with Gasteiger partial charge in [-0.05, 0) is 42.3 Å². The number of aliphatic carboxylic acids is 1. The van der Waals surface area contributed by atoms with Gasteiger partial charge in [0, 0.05) is 34.2 Å². The highest BCUT2D eigenvalue weighted by atomic mass is 35.5. The summed E-state index contributed by atoms with van der Waals surface area (Å²) in [5.41, 5.74) is 7.58. The monoisotopic (exact) mass is 336 g/mol. The lowest BCUT2D eigenvalue weighted by Crippen LogP contribution is -2.25. The van der Waals surface area contributed by atoms with Crippen LogP contribution in [0.3, 0.4) is 0 Å². The van der Waals surface area contributed by atoms with Gasteiger partial charge in [0.15, 0.2) is 5.78 Å². The van der Waals surface area contributed by atoms with Gasteiger partial charge in [-0.15, -0.1) is 0 Å². The number of carboxylic acids is 1. The van der Waals surface area contributed by atoms with E-state index in [1.165, 1.54) is 12.1 Å². The van der Waals surface area contributed by atoms with Crippen LogP contribution in [0, 0.1) is 6.92 Å². The number of carbonyl (C=O) groups excluding carboxylic acids is 2. The molecule has 2 rings (SSSR count). The molecular weight excluding hydrogens is 325 g/mol. The molecule has 0 aliphatic rings. The van der Waals surface area contributed by atoms with Crippen molar-refractivity contribution in [2.75, 3.05) is 5.73 Å². The number of aryl methyl sites for hydroxylation is 1. The number of halogens is 2. The Balaban J connectivity index is 2.54. The summed E-state index contributed by atoms with van der Waals surface area (Å²) >= 11 is 11.9. The summed E-state index contributed by atoms with van der Waals surface area (Å²) in [5.74, 6) is -1.65. The topological polar surface area (TPSA) is 83.2 Å². The number of anilines is 1. The van der Waals surface area contributed by atoms with Crippen molar-refractivity contribution in [3.8, 4) is 0 Å². The van der Waals surface area contributed by atoms with Gasteiger partial charge in [0.05, 0.1) is 5.02 Å². The molecule has 0 aliphatic heterocycles. The summed E-state index contributed by atoms with van der Waals surface area (Å²) in [7, 11) is 0. The number of nitrogen functional groups attached to an aromatic ring is 1. The number of benzene rings is 2. The summed E-state index contributed by atoms with van der Waals surface area (Å²) in [6.45, 7) is 1.75. The molecule has 0 saturated carbocycles. The van der Waals surface area contributed by atoms with Crippen molar-refractivity contribution < 1.29 is 14.7 Å². The predicted octanol–water partition coefficient (Wildman–Crippen LogP) is 2.41. The van der Waals surface area contributed by atoms with Gasteiger partial charge in [0.2, 0.25) is 0 Å². The Kier molecular flexibility index (Phi) is 4.74. The SMILES string of the molecule is Cc1cc(CC(=O)[O-])c(N)c(C(=O)c2ccc(Cl)cc2Cl)c1. The van der Waals surface area contributed by atoms with E-state index in [4.69, 9.17) is 28.9 Å². The molecule has 0 fully saturated rings. The Labute approximate surface area is 137 Å². The van der Waals surface area contributed by atoms with E-state index in [0.29, 0.717) is 10.6 Å². The second kappa shape index (κ2) is 6.38. The van der Waals surface area contributed by atoms with Crippen LogP contribution in [-0.2, 0) is 11.2 Å². The van der Waals surface area contributed by atoms with Crippen LogP contribution in [0.2, 0.25) is 10.0 Å². The molecule has 0 unspecified atom stereocenters. The molecule has 2 aromatic carbocycles. The summed E-state index contributed by atoms with van der Waals surface area (Å²) in [6.07, 6.45) is -0.359. The molecule has 2 N–H and O–H groups in total. The van der Waals surface area contributed by atoms with Gasteiger partial charge < -0.3 is 15.6 Å². The number of ketones is 1. The van der Waals surface area contributed by atoms with E-state index in [-0.39, 0.29) is 34.0 Å². The number of nitrogens with two attached hydrogens (primary N) is 1.